The van der Waals surface area contributed by atoms with Crippen molar-refractivity contribution in [3.05, 3.63) is 89.5 Å². The van der Waals surface area contributed by atoms with Crippen LogP contribution in [0.5, 0.6) is 0 Å². The Balaban J connectivity index is 1.84. The quantitative estimate of drug-likeness (QED) is 0.489. The smallest absolute Gasteiger partial charge is 0.182 e. The SMILES string of the molecule is CCC(c1cccc(CS(=O)(=O)c2ccc(-c3ccc(F)cc3F)cc2)c1)N(C)C. The zero-order chi connectivity index (χ0) is 21.9. The van der Waals surface area contributed by atoms with Gasteiger partial charge in [0.1, 0.15) is 11.6 Å². The molecule has 0 heterocycles. The van der Waals surface area contributed by atoms with E-state index in [9.17, 15) is 17.2 Å². The van der Waals surface area contributed by atoms with Gasteiger partial charge in [-0.25, -0.2) is 17.2 Å². The number of nitrogens with zero attached hydrogens (tertiary/aromatic N) is 1. The van der Waals surface area contributed by atoms with E-state index < -0.39 is 21.5 Å². The van der Waals surface area contributed by atoms with Gasteiger partial charge in [0.15, 0.2) is 9.84 Å². The largest absolute Gasteiger partial charge is 0.302 e. The summed E-state index contributed by atoms with van der Waals surface area (Å²) in [5, 5.41) is 0. The van der Waals surface area contributed by atoms with Crippen molar-refractivity contribution in [2.45, 2.75) is 30.0 Å². The minimum atomic E-state index is -3.57. The zero-order valence-corrected chi connectivity index (χ0v) is 18.1. The van der Waals surface area contributed by atoms with E-state index in [1.165, 1.54) is 24.3 Å². The molecule has 0 aliphatic heterocycles. The monoisotopic (exact) mass is 429 g/mol. The second kappa shape index (κ2) is 9.06. The van der Waals surface area contributed by atoms with Crippen molar-refractivity contribution >= 4 is 9.84 Å². The van der Waals surface area contributed by atoms with Gasteiger partial charge in [-0.15, -0.1) is 0 Å². The summed E-state index contributed by atoms with van der Waals surface area (Å²) in [5.41, 5.74) is 2.52. The summed E-state index contributed by atoms with van der Waals surface area (Å²) in [6, 6.07) is 17.2. The van der Waals surface area contributed by atoms with Gasteiger partial charge in [-0.3, -0.25) is 0 Å². The zero-order valence-electron chi connectivity index (χ0n) is 17.3. The predicted molar refractivity (Wildman–Crippen MR) is 116 cm³/mol. The highest BCUT2D eigenvalue weighted by Crippen LogP contribution is 2.27. The van der Waals surface area contributed by atoms with Crippen LogP contribution < -0.4 is 0 Å². The Morgan fingerprint density at radius 1 is 0.933 bits per heavy atom. The molecule has 30 heavy (non-hydrogen) atoms. The maximum absolute atomic E-state index is 14.0. The van der Waals surface area contributed by atoms with E-state index in [2.05, 4.69) is 11.8 Å². The highest BCUT2D eigenvalue weighted by Gasteiger charge is 2.18. The molecule has 3 rings (SSSR count). The fraction of sp³-hybridized carbons (Fsp3) is 0.250. The first-order valence-electron chi connectivity index (χ1n) is 9.75. The van der Waals surface area contributed by atoms with Gasteiger partial charge in [0, 0.05) is 17.7 Å². The first-order valence-corrected chi connectivity index (χ1v) is 11.4. The highest BCUT2D eigenvalue weighted by molar-refractivity contribution is 7.90. The highest BCUT2D eigenvalue weighted by atomic mass is 32.2. The van der Waals surface area contributed by atoms with E-state index in [0.29, 0.717) is 5.56 Å². The molecule has 158 valence electrons. The molecule has 0 radical (unpaired) electrons. The molecule has 1 unspecified atom stereocenters. The van der Waals surface area contributed by atoms with E-state index in [1.807, 2.05) is 38.4 Å². The maximum Gasteiger partial charge on any atom is 0.182 e. The van der Waals surface area contributed by atoms with E-state index in [0.717, 1.165) is 23.6 Å². The average Bonchev–Trinajstić information content (AvgIpc) is 2.68. The van der Waals surface area contributed by atoms with Gasteiger partial charge >= 0.3 is 0 Å². The number of halogens is 2. The van der Waals surface area contributed by atoms with Crippen LogP contribution in [0.3, 0.4) is 0 Å². The van der Waals surface area contributed by atoms with E-state index in [1.54, 1.807) is 12.1 Å². The van der Waals surface area contributed by atoms with Crippen molar-refractivity contribution in [1.29, 1.82) is 0 Å². The lowest BCUT2D eigenvalue weighted by molar-refractivity contribution is 0.292. The van der Waals surface area contributed by atoms with Crippen LogP contribution >= 0.6 is 0 Å². The molecule has 1 atom stereocenters. The van der Waals surface area contributed by atoms with Crippen molar-refractivity contribution in [3.8, 4) is 11.1 Å². The third kappa shape index (κ3) is 4.94. The molecule has 0 fully saturated rings. The van der Waals surface area contributed by atoms with Gasteiger partial charge in [0.25, 0.3) is 0 Å². The van der Waals surface area contributed by atoms with Crippen LogP contribution in [-0.2, 0) is 15.6 Å². The number of hydrogen-bond donors (Lipinski definition) is 0. The van der Waals surface area contributed by atoms with Gasteiger partial charge in [-0.05, 0) is 61.5 Å². The summed E-state index contributed by atoms with van der Waals surface area (Å²) >= 11 is 0. The number of benzene rings is 3. The molecule has 0 N–H and O–H groups in total. The Kier molecular flexibility index (Phi) is 6.68. The molecule has 3 aromatic carbocycles. The van der Waals surface area contributed by atoms with Gasteiger partial charge in [0.05, 0.1) is 10.6 Å². The third-order valence-electron chi connectivity index (χ3n) is 5.16. The van der Waals surface area contributed by atoms with Crippen molar-refractivity contribution in [2.24, 2.45) is 0 Å². The van der Waals surface area contributed by atoms with E-state index in [4.69, 9.17) is 0 Å². The first kappa shape index (κ1) is 22.1. The lowest BCUT2D eigenvalue weighted by Gasteiger charge is -2.23. The fourth-order valence-electron chi connectivity index (χ4n) is 3.66. The molecule has 3 aromatic rings. The molecule has 0 bridgehead atoms. The predicted octanol–water partition coefficient (Wildman–Crippen LogP) is 5.62. The second-order valence-corrected chi connectivity index (χ2v) is 9.53. The lowest BCUT2D eigenvalue weighted by atomic mass is 10.0. The molecule has 0 aromatic heterocycles. The minimum Gasteiger partial charge on any atom is -0.302 e. The number of sulfone groups is 1. The Labute approximate surface area is 176 Å². The molecule has 0 spiro atoms. The number of rotatable bonds is 7. The van der Waals surface area contributed by atoms with Crippen LogP contribution in [0.25, 0.3) is 11.1 Å². The Morgan fingerprint density at radius 2 is 1.63 bits per heavy atom. The topological polar surface area (TPSA) is 37.4 Å². The Morgan fingerprint density at radius 3 is 2.23 bits per heavy atom. The maximum atomic E-state index is 14.0. The molecule has 0 saturated heterocycles. The normalized spacial score (nSPS) is 12.9. The van der Waals surface area contributed by atoms with Crippen LogP contribution in [-0.4, -0.2) is 27.4 Å². The molecule has 0 amide bonds. The van der Waals surface area contributed by atoms with Crippen molar-refractivity contribution in [3.63, 3.8) is 0 Å². The van der Waals surface area contributed by atoms with Gasteiger partial charge in [-0.2, -0.15) is 0 Å². The lowest BCUT2D eigenvalue weighted by Crippen LogP contribution is -2.19. The van der Waals surface area contributed by atoms with E-state index in [-0.39, 0.29) is 22.3 Å². The van der Waals surface area contributed by atoms with Crippen LogP contribution in [0.1, 0.15) is 30.5 Å². The minimum absolute atomic E-state index is 0.116. The van der Waals surface area contributed by atoms with Gasteiger partial charge < -0.3 is 4.90 Å². The standard InChI is InChI=1S/C24H25F2NO2S/c1-4-24(27(2)3)19-7-5-6-17(14-19)16-30(28,29)21-11-8-18(9-12-21)22-13-10-20(25)15-23(22)26/h5-15,24H,4,16H2,1-3H3. The summed E-state index contributed by atoms with van der Waals surface area (Å²) in [5.74, 6) is -1.46. The fourth-order valence-corrected chi connectivity index (χ4v) is 4.99. The van der Waals surface area contributed by atoms with Crippen LogP contribution in [0, 0.1) is 11.6 Å². The summed E-state index contributed by atoms with van der Waals surface area (Å²) in [6.07, 6.45) is 0.921. The van der Waals surface area contributed by atoms with Crippen molar-refractivity contribution in [2.75, 3.05) is 14.1 Å². The Hall–Kier alpha value is -2.57. The van der Waals surface area contributed by atoms with Gasteiger partial charge in [-0.1, -0.05) is 43.3 Å². The van der Waals surface area contributed by atoms with Gasteiger partial charge in [0.2, 0.25) is 0 Å². The van der Waals surface area contributed by atoms with E-state index >= 15 is 0 Å². The summed E-state index contributed by atoms with van der Waals surface area (Å²) in [7, 11) is 0.440. The first-order chi connectivity index (χ1) is 14.2. The third-order valence-corrected chi connectivity index (χ3v) is 6.86. The van der Waals surface area contributed by atoms with Crippen molar-refractivity contribution < 1.29 is 17.2 Å². The van der Waals surface area contributed by atoms with Crippen LogP contribution in [0.15, 0.2) is 71.6 Å². The van der Waals surface area contributed by atoms with Crippen LogP contribution in [0.4, 0.5) is 8.78 Å². The van der Waals surface area contributed by atoms with Crippen LogP contribution in [0.2, 0.25) is 0 Å². The second-order valence-electron chi connectivity index (χ2n) is 7.54. The molecule has 3 nitrogen and oxygen atoms in total. The average molecular weight is 430 g/mol. The molecule has 0 saturated carbocycles. The summed E-state index contributed by atoms with van der Waals surface area (Å²) in [4.78, 5) is 2.28. The number of hydrogen-bond acceptors (Lipinski definition) is 3. The summed E-state index contributed by atoms with van der Waals surface area (Å²) in [6.45, 7) is 2.10. The summed E-state index contributed by atoms with van der Waals surface area (Å²) < 4.78 is 52.9. The molecule has 0 aliphatic carbocycles. The Bertz CT molecular complexity index is 1130. The molecule has 6 heteroatoms. The molecular weight excluding hydrogens is 404 g/mol. The van der Waals surface area contributed by atoms with Crippen molar-refractivity contribution in [1.82, 2.24) is 4.90 Å². The molecular formula is C24H25F2NO2S. The molecule has 0 aliphatic rings.